The van der Waals surface area contributed by atoms with Crippen molar-refractivity contribution in [3.63, 3.8) is 0 Å². The Balaban J connectivity index is 1.59. The maximum Gasteiger partial charge on any atom is 0.220 e. The topological polar surface area (TPSA) is 42.0 Å². The highest BCUT2D eigenvalue weighted by Crippen LogP contribution is 2.54. The molecule has 0 radical (unpaired) electrons. The number of pyridine rings is 1. The smallest absolute Gasteiger partial charge is 0.220 e. The first-order chi connectivity index (χ1) is 11.5. The summed E-state index contributed by atoms with van der Waals surface area (Å²) < 4.78 is 27.2. The molecule has 2 aromatic rings. The van der Waals surface area contributed by atoms with Crippen molar-refractivity contribution in [2.24, 2.45) is 5.92 Å². The van der Waals surface area contributed by atoms with E-state index in [1.807, 2.05) is 25.1 Å². The molecule has 0 spiro atoms. The van der Waals surface area contributed by atoms with Crippen LogP contribution in [0.25, 0.3) is 0 Å². The zero-order valence-corrected chi connectivity index (χ0v) is 13.6. The molecule has 24 heavy (non-hydrogen) atoms. The quantitative estimate of drug-likeness (QED) is 0.882. The van der Waals surface area contributed by atoms with Crippen LogP contribution in [0.15, 0.2) is 42.6 Å². The molecule has 0 saturated heterocycles. The average Bonchev–Trinajstić information content (AvgIpc) is 3.23. The first kappa shape index (κ1) is 16.6. The normalized spacial score (nSPS) is 22.2. The third-order valence-corrected chi connectivity index (χ3v) is 4.86. The second kappa shape index (κ2) is 6.67. The molecule has 5 heteroatoms. The highest BCUT2D eigenvalue weighted by Gasteiger charge is 2.53. The predicted octanol–water partition coefficient (Wildman–Crippen LogP) is 3.39. The van der Waals surface area contributed by atoms with Crippen LogP contribution in [-0.4, -0.2) is 17.4 Å². The zero-order chi connectivity index (χ0) is 17.2. The van der Waals surface area contributed by atoms with E-state index in [0.29, 0.717) is 24.9 Å². The van der Waals surface area contributed by atoms with Gasteiger partial charge in [-0.05, 0) is 42.5 Å². The Morgan fingerprint density at radius 1 is 1.33 bits per heavy atom. The van der Waals surface area contributed by atoms with Crippen molar-refractivity contribution in [3.05, 3.63) is 65.5 Å². The van der Waals surface area contributed by atoms with Crippen LogP contribution in [0.5, 0.6) is 0 Å². The van der Waals surface area contributed by atoms with E-state index >= 15 is 0 Å². The molecule has 2 unspecified atom stereocenters. The van der Waals surface area contributed by atoms with Crippen LogP contribution in [0.4, 0.5) is 8.78 Å². The minimum Gasteiger partial charge on any atom is -0.355 e. The van der Waals surface area contributed by atoms with Gasteiger partial charge in [-0.15, -0.1) is 0 Å². The maximum atomic E-state index is 14.1. The second-order valence-electron chi connectivity index (χ2n) is 6.48. The molecule has 2 atom stereocenters. The van der Waals surface area contributed by atoms with E-state index < -0.39 is 17.0 Å². The molecular formula is C19H20F2N2O. The lowest BCUT2D eigenvalue weighted by atomic mass is 9.92. The van der Waals surface area contributed by atoms with Crippen molar-refractivity contribution in [2.75, 3.05) is 6.54 Å². The summed E-state index contributed by atoms with van der Waals surface area (Å²) >= 11 is 0. The monoisotopic (exact) mass is 330 g/mol. The first-order valence-corrected chi connectivity index (χ1v) is 8.13. The summed E-state index contributed by atoms with van der Waals surface area (Å²) in [7, 11) is 0. The van der Waals surface area contributed by atoms with Crippen molar-refractivity contribution in [1.82, 2.24) is 10.3 Å². The molecule has 0 aliphatic heterocycles. The van der Waals surface area contributed by atoms with Gasteiger partial charge in [0.05, 0.1) is 0 Å². The molecule has 1 aromatic heterocycles. The summed E-state index contributed by atoms with van der Waals surface area (Å²) in [4.78, 5) is 16.3. The molecule has 0 bridgehead atoms. The maximum absolute atomic E-state index is 14.1. The minimum atomic E-state index is -0.584. The fourth-order valence-corrected chi connectivity index (χ4v) is 3.23. The van der Waals surface area contributed by atoms with Crippen LogP contribution in [0.1, 0.15) is 31.0 Å². The van der Waals surface area contributed by atoms with Crippen molar-refractivity contribution < 1.29 is 13.6 Å². The van der Waals surface area contributed by atoms with Crippen LogP contribution in [-0.2, 0) is 16.6 Å². The Hall–Kier alpha value is -2.30. The Bertz CT molecular complexity index is 735. The Morgan fingerprint density at radius 3 is 2.75 bits per heavy atom. The van der Waals surface area contributed by atoms with Gasteiger partial charge in [0.25, 0.3) is 0 Å². The average molecular weight is 330 g/mol. The van der Waals surface area contributed by atoms with Crippen molar-refractivity contribution in [1.29, 1.82) is 0 Å². The predicted molar refractivity (Wildman–Crippen MR) is 87.4 cm³/mol. The molecule has 126 valence electrons. The van der Waals surface area contributed by atoms with Gasteiger partial charge < -0.3 is 5.32 Å². The van der Waals surface area contributed by atoms with Gasteiger partial charge in [-0.3, -0.25) is 9.78 Å². The van der Waals surface area contributed by atoms with Gasteiger partial charge in [-0.1, -0.05) is 19.1 Å². The number of nitrogens with one attached hydrogen (secondary N) is 1. The lowest BCUT2D eigenvalue weighted by Crippen LogP contribution is -2.34. The van der Waals surface area contributed by atoms with Gasteiger partial charge in [-0.25, -0.2) is 8.78 Å². The van der Waals surface area contributed by atoms with E-state index in [0.717, 1.165) is 18.2 Å². The standard InChI is InChI=1S/C19H20F2N2O/c1-13-11-19(13,16-7-5-14(20)10-17(16)21)12-23-18(24)8-6-15-4-2-3-9-22-15/h2-5,7,9-10,13H,6,8,11-12H2,1H3,(H,23,24). The molecule has 1 saturated carbocycles. The van der Waals surface area contributed by atoms with E-state index in [1.165, 1.54) is 12.1 Å². The molecule has 3 nitrogen and oxygen atoms in total. The largest absolute Gasteiger partial charge is 0.355 e. The Morgan fingerprint density at radius 2 is 2.12 bits per heavy atom. The Kier molecular flexibility index (Phi) is 4.60. The van der Waals surface area contributed by atoms with E-state index in [2.05, 4.69) is 10.3 Å². The summed E-state index contributed by atoms with van der Waals surface area (Å²) in [5.41, 5.74) is 0.937. The fraction of sp³-hybridized carbons (Fsp3) is 0.368. The summed E-state index contributed by atoms with van der Waals surface area (Å²) in [5.74, 6) is -0.948. The number of hydrogen-bond acceptors (Lipinski definition) is 2. The number of nitrogens with zero attached hydrogens (tertiary/aromatic N) is 1. The van der Waals surface area contributed by atoms with Gasteiger partial charge in [0, 0.05) is 36.3 Å². The lowest BCUT2D eigenvalue weighted by Gasteiger charge is -2.19. The van der Waals surface area contributed by atoms with E-state index in [1.54, 1.807) is 6.20 Å². The third kappa shape index (κ3) is 3.45. The SMILES string of the molecule is CC1CC1(CNC(=O)CCc1ccccn1)c1ccc(F)cc1F. The number of carbonyl (C=O) groups excluding carboxylic acids is 1. The van der Waals surface area contributed by atoms with Crippen molar-refractivity contribution >= 4 is 5.91 Å². The van der Waals surface area contributed by atoms with Crippen LogP contribution in [0.2, 0.25) is 0 Å². The second-order valence-corrected chi connectivity index (χ2v) is 6.48. The molecule has 1 fully saturated rings. The van der Waals surface area contributed by atoms with E-state index in [-0.39, 0.29) is 11.8 Å². The number of benzene rings is 1. The Labute approximate surface area is 140 Å². The molecule has 1 N–H and O–H groups in total. The molecule has 1 aliphatic rings. The summed E-state index contributed by atoms with van der Waals surface area (Å²) in [6.07, 6.45) is 3.40. The van der Waals surface area contributed by atoms with Crippen LogP contribution >= 0.6 is 0 Å². The van der Waals surface area contributed by atoms with E-state index in [4.69, 9.17) is 0 Å². The molecule has 3 rings (SSSR count). The number of rotatable bonds is 6. The van der Waals surface area contributed by atoms with Crippen molar-refractivity contribution in [2.45, 2.75) is 31.6 Å². The fourth-order valence-electron chi connectivity index (χ4n) is 3.23. The molecule has 1 heterocycles. The number of carbonyl (C=O) groups is 1. The molecular weight excluding hydrogens is 310 g/mol. The van der Waals surface area contributed by atoms with Gasteiger partial charge in [0.1, 0.15) is 11.6 Å². The highest BCUT2D eigenvalue weighted by atomic mass is 19.1. The van der Waals surface area contributed by atoms with Gasteiger partial charge in [-0.2, -0.15) is 0 Å². The highest BCUT2D eigenvalue weighted by molar-refractivity contribution is 5.76. The van der Waals surface area contributed by atoms with Gasteiger partial charge in [0.2, 0.25) is 5.91 Å². The summed E-state index contributed by atoms with van der Waals surface area (Å²) in [5, 5.41) is 2.90. The van der Waals surface area contributed by atoms with Gasteiger partial charge in [0.15, 0.2) is 0 Å². The minimum absolute atomic E-state index is 0.0818. The molecule has 1 aliphatic carbocycles. The zero-order valence-electron chi connectivity index (χ0n) is 13.6. The summed E-state index contributed by atoms with van der Waals surface area (Å²) in [6.45, 7) is 2.39. The number of aromatic nitrogens is 1. The lowest BCUT2D eigenvalue weighted by molar-refractivity contribution is -0.121. The molecule has 1 aromatic carbocycles. The van der Waals surface area contributed by atoms with Crippen LogP contribution in [0, 0.1) is 17.6 Å². The van der Waals surface area contributed by atoms with Gasteiger partial charge >= 0.3 is 0 Å². The van der Waals surface area contributed by atoms with E-state index in [9.17, 15) is 13.6 Å². The third-order valence-electron chi connectivity index (χ3n) is 4.86. The summed E-state index contributed by atoms with van der Waals surface area (Å²) in [6, 6.07) is 9.27. The van der Waals surface area contributed by atoms with Crippen LogP contribution in [0.3, 0.4) is 0 Å². The number of hydrogen-bond donors (Lipinski definition) is 1. The van der Waals surface area contributed by atoms with Crippen LogP contribution < -0.4 is 5.32 Å². The molecule has 1 amide bonds. The number of amides is 1. The number of aryl methyl sites for hydroxylation is 1. The van der Waals surface area contributed by atoms with Crippen molar-refractivity contribution in [3.8, 4) is 0 Å². The number of halogens is 2. The first-order valence-electron chi connectivity index (χ1n) is 8.13.